The number of carbonyl (C=O) groups is 2. The Balaban J connectivity index is 2.27. The van der Waals surface area contributed by atoms with Gasteiger partial charge in [-0.3, -0.25) is 9.59 Å². The van der Waals surface area contributed by atoms with Gasteiger partial charge >= 0.3 is 5.97 Å². The highest BCUT2D eigenvalue weighted by molar-refractivity contribution is 9.10. The Morgan fingerprint density at radius 3 is 2.75 bits per heavy atom. The smallest absolute Gasteiger partial charge is 0.305 e. The average Bonchev–Trinajstić information content (AvgIpc) is 2.44. The van der Waals surface area contributed by atoms with Crippen LogP contribution < -0.4 is 5.32 Å². The number of ether oxygens (including phenoxy) is 1. The predicted octanol–water partition coefficient (Wildman–Crippen LogP) is 3.57. The molecule has 0 aliphatic carbocycles. The molecular weight excluding hydrogens is 346 g/mol. The van der Waals surface area contributed by atoms with Crippen molar-refractivity contribution in [2.75, 3.05) is 13.7 Å². The summed E-state index contributed by atoms with van der Waals surface area (Å²) in [4.78, 5) is 22.8. The molecule has 0 spiro atoms. The van der Waals surface area contributed by atoms with Crippen molar-refractivity contribution in [1.82, 2.24) is 5.32 Å². The lowest BCUT2D eigenvalue weighted by atomic mass is 10.2. The molecule has 1 aromatic carbocycles. The lowest BCUT2D eigenvalue weighted by Gasteiger charge is -2.07. The summed E-state index contributed by atoms with van der Waals surface area (Å²) in [5, 5.41) is 3.22. The summed E-state index contributed by atoms with van der Waals surface area (Å²) in [6.07, 6.45) is 2.86. The lowest BCUT2D eigenvalue weighted by Crippen LogP contribution is -2.24. The molecule has 0 saturated heterocycles. The van der Waals surface area contributed by atoms with Gasteiger partial charge in [0.05, 0.1) is 17.7 Å². The fourth-order valence-electron chi connectivity index (χ4n) is 1.65. The first kappa shape index (κ1) is 17.0. The van der Waals surface area contributed by atoms with E-state index in [1.165, 1.54) is 7.11 Å². The molecule has 0 unspecified atom stereocenters. The van der Waals surface area contributed by atoms with Gasteiger partial charge in [0.25, 0.3) is 5.91 Å². The van der Waals surface area contributed by atoms with Gasteiger partial charge in [-0.05, 0) is 40.9 Å². The zero-order valence-corrected chi connectivity index (χ0v) is 13.6. The van der Waals surface area contributed by atoms with E-state index in [4.69, 9.17) is 11.6 Å². The van der Waals surface area contributed by atoms with Crippen molar-refractivity contribution in [2.45, 2.75) is 25.7 Å². The third-order valence-electron chi connectivity index (χ3n) is 2.77. The van der Waals surface area contributed by atoms with Crippen LogP contribution in [0.5, 0.6) is 0 Å². The Hall–Kier alpha value is -1.07. The maximum absolute atomic E-state index is 11.9. The maximum Gasteiger partial charge on any atom is 0.305 e. The van der Waals surface area contributed by atoms with Crippen molar-refractivity contribution in [3.63, 3.8) is 0 Å². The van der Waals surface area contributed by atoms with Gasteiger partial charge in [0.15, 0.2) is 0 Å². The Labute approximate surface area is 132 Å². The minimum atomic E-state index is -0.199. The van der Waals surface area contributed by atoms with Crippen LogP contribution in [0.25, 0.3) is 0 Å². The van der Waals surface area contributed by atoms with Gasteiger partial charge in [-0.1, -0.05) is 24.1 Å². The van der Waals surface area contributed by atoms with E-state index in [-0.39, 0.29) is 11.9 Å². The molecule has 4 nitrogen and oxygen atoms in total. The Kier molecular flexibility index (Phi) is 7.62. The number of amides is 1. The van der Waals surface area contributed by atoms with Gasteiger partial charge in [-0.25, -0.2) is 0 Å². The number of rotatable bonds is 7. The SMILES string of the molecule is COC(=O)CCCCCNC(=O)c1cccc(Br)c1Cl. The molecule has 0 aliphatic heterocycles. The summed E-state index contributed by atoms with van der Waals surface area (Å²) in [5.41, 5.74) is 0.454. The molecule has 0 aromatic heterocycles. The van der Waals surface area contributed by atoms with Crippen LogP contribution in [0.15, 0.2) is 22.7 Å². The van der Waals surface area contributed by atoms with Gasteiger partial charge in [0.2, 0.25) is 0 Å². The summed E-state index contributed by atoms with van der Waals surface area (Å²) < 4.78 is 5.25. The minimum absolute atomic E-state index is 0.190. The van der Waals surface area contributed by atoms with E-state index in [1.807, 2.05) is 0 Å². The normalized spacial score (nSPS) is 10.2. The molecule has 1 aromatic rings. The second-order valence-corrected chi connectivity index (χ2v) is 5.48. The number of nitrogens with one attached hydrogen (secondary N) is 1. The molecule has 0 fully saturated rings. The quantitative estimate of drug-likeness (QED) is 0.596. The minimum Gasteiger partial charge on any atom is -0.469 e. The number of esters is 1. The zero-order chi connectivity index (χ0) is 15.0. The second kappa shape index (κ2) is 8.97. The van der Waals surface area contributed by atoms with Crippen LogP contribution in [0.3, 0.4) is 0 Å². The number of methoxy groups -OCH3 is 1. The summed E-state index contributed by atoms with van der Waals surface area (Å²) in [5.74, 6) is -0.390. The first-order valence-electron chi connectivity index (χ1n) is 6.35. The molecule has 20 heavy (non-hydrogen) atoms. The summed E-state index contributed by atoms with van der Waals surface area (Å²) in [7, 11) is 1.38. The lowest BCUT2D eigenvalue weighted by molar-refractivity contribution is -0.140. The largest absolute Gasteiger partial charge is 0.469 e. The Bertz CT molecular complexity index is 479. The highest BCUT2D eigenvalue weighted by Crippen LogP contribution is 2.25. The predicted molar refractivity (Wildman–Crippen MR) is 82.0 cm³/mol. The molecule has 1 amide bonds. The van der Waals surface area contributed by atoms with Crippen LogP contribution in [0.4, 0.5) is 0 Å². The van der Waals surface area contributed by atoms with Gasteiger partial charge in [-0.2, -0.15) is 0 Å². The first-order valence-corrected chi connectivity index (χ1v) is 7.52. The highest BCUT2D eigenvalue weighted by Gasteiger charge is 2.11. The molecule has 0 radical (unpaired) electrons. The van der Waals surface area contributed by atoms with Crippen LogP contribution in [0.2, 0.25) is 5.02 Å². The number of benzene rings is 1. The van der Waals surface area contributed by atoms with E-state index in [0.717, 1.165) is 19.3 Å². The maximum atomic E-state index is 11.9. The number of hydrogen-bond acceptors (Lipinski definition) is 3. The monoisotopic (exact) mass is 361 g/mol. The van der Waals surface area contributed by atoms with Crippen molar-refractivity contribution in [1.29, 1.82) is 0 Å². The van der Waals surface area contributed by atoms with Crippen LogP contribution in [0, 0.1) is 0 Å². The van der Waals surface area contributed by atoms with Gasteiger partial charge < -0.3 is 10.1 Å². The third kappa shape index (κ3) is 5.51. The molecule has 110 valence electrons. The Morgan fingerprint density at radius 1 is 1.30 bits per heavy atom. The van der Waals surface area contributed by atoms with Crippen molar-refractivity contribution >= 4 is 39.4 Å². The van der Waals surface area contributed by atoms with Gasteiger partial charge in [0.1, 0.15) is 0 Å². The van der Waals surface area contributed by atoms with E-state index in [9.17, 15) is 9.59 Å². The molecule has 0 bridgehead atoms. The number of carbonyl (C=O) groups excluding carboxylic acids is 2. The van der Waals surface area contributed by atoms with E-state index in [0.29, 0.717) is 28.0 Å². The Morgan fingerprint density at radius 2 is 2.05 bits per heavy atom. The summed E-state index contributed by atoms with van der Waals surface area (Å²) in [6.45, 7) is 0.558. The van der Waals surface area contributed by atoms with Crippen molar-refractivity contribution in [3.05, 3.63) is 33.3 Å². The van der Waals surface area contributed by atoms with Crippen LogP contribution in [0.1, 0.15) is 36.0 Å². The van der Waals surface area contributed by atoms with E-state index < -0.39 is 0 Å². The highest BCUT2D eigenvalue weighted by atomic mass is 79.9. The van der Waals surface area contributed by atoms with E-state index >= 15 is 0 Å². The van der Waals surface area contributed by atoms with Crippen LogP contribution in [-0.4, -0.2) is 25.5 Å². The number of hydrogen-bond donors (Lipinski definition) is 1. The molecule has 0 heterocycles. The fourth-order valence-corrected chi connectivity index (χ4v) is 2.23. The van der Waals surface area contributed by atoms with Crippen LogP contribution >= 0.6 is 27.5 Å². The average molecular weight is 363 g/mol. The van der Waals surface area contributed by atoms with Crippen molar-refractivity contribution < 1.29 is 14.3 Å². The topological polar surface area (TPSA) is 55.4 Å². The van der Waals surface area contributed by atoms with Crippen molar-refractivity contribution in [3.8, 4) is 0 Å². The molecular formula is C14H17BrClNO3. The zero-order valence-electron chi connectivity index (χ0n) is 11.2. The molecule has 0 atom stereocenters. The van der Waals surface area contributed by atoms with E-state index in [1.54, 1.807) is 18.2 Å². The van der Waals surface area contributed by atoms with Crippen LogP contribution in [-0.2, 0) is 9.53 Å². The van der Waals surface area contributed by atoms with Gasteiger partial charge in [-0.15, -0.1) is 0 Å². The molecule has 0 saturated carbocycles. The summed E-state index contributed by atoms with van der Waals surface area (Å²) >= 11 is 9.32. The van der Waals surface area contributed by atoms with Crippen molar-refractivity contribution in [2.24, 2.45) is 0 Å². The second-order valence-electron chi connectivity index (χ2n) is 4.24. The first-order chi connectivity index (χ1) is 9.56. The number of halogens is 2. The summed E-state index contributed by atoms with van der Waals surface area (Å²) in [6, 6.07) is 5.23. The fraction of sp³-hybridized carbons (Fsp3) is 0.429. The van der Waals surface area contributed by atoms with Gasteiger partial charge in [0, 0.05) is 17.4 Å². The standard InChI is InChI=1S/C14H17BrClNO3/c1-20-12(18)8-3-2-4-9-17-14(19)10-6-5-7-11(15)13(10)16/h5-7H,2-4,8-9H2,1H3,(H,17,19). The molecule has 6 heteroatoms. The number of unbranched alkanes of at least 4 members (excludes halogenated alkanes) is 2. The van der Waals surface area contributed by atoms with E-state index in [2.05, 4.69) is 26.0 Å². The molecule has 1 N–H and O–H groups in total. The molecule has 1 rings (SSSR count). The third-order valence-corrected chi connectivity index (χ3v) is 4.06. The molecule has 0 aliphatic rings.